The summed E-state index contributed by atoms with van der Waals surface area (Å²) in [7, 11) is 0. The minimum absolute atomic E-state index is 0.122. The molecule has 2 unspecified atom stereocenters. The number of ether oxygens (including phenoxy) is 1. The van der Waals surface area contributed by atoms with Crippen molar-refractivity contribution in [2.45, 2.75) is 12.1 Å². The molecule has 2 N–H and O–H groups in total. The zero-order chi connectivity index (χ0) is 11.5. The predicted molar refractivity (Wildman–Crippen MR) is 54.5 cm³/mol. The first-order valence-electron chi connectivity index (χ1n) is 5.00. The number of carbonyl (C=O) groups is 1. The predicted octanol–water partition coefficient (Wildman–Crippen LogP) is 0.940. The second-order valence-corrected chi connectivity index (χ2v) is 3.67. The molecule has 4 nitrogen and oxygen atoms in total. The molecule has 2 rings (SSSR count). The van der Waals surface area contributed by atoms with Crippen LogP contribution in [0.2, 0.25) is 0 Å². The highest BCUT2D eigenvalue weighted by molar-refractivity contribution is 5.73. The van der Waals surface area contributed by atoms with Crippen LogP contribution in [-0.2, 0) is 9.53 Å². The fourth-order valence-electron chi connectivity index (χ4n) is 1.63. The number of aliphatic carboxylic acids is 1. The smallest absolute Gasteiger partial charge is 0.323 e. The lowest BCUT2D eigenvalue weighted by molar-refractivity contribution is -0.144. The number of rotatable bonds is 2. The first-order chi connectivity index (χ1) is 7.66. The van der Waals surface area contributed by atoms with Crippen molar-refractivity contribution in [2.75, 3.05) is 13.2 Å². The number of hydrogen-bond donors (Lipinski definition) is 2. The molecule has 1 fully saturated rings. The zero-order valence-corrected chi connectivity index (χ0v) is 8.52. The van der Waals surface area contributed by atoms with Crippen molar-refractivity contribution < 1.29 is 19.0 Å². The third-order valence-electron chi connectivity index (χ3n) is 2.55. The molecule has 2 atom stereocenters. The van der Waals surface area contributed by atoms with Crippen LogP contribution in [0.4, 0.5) is 4.39 Å². The molecular formula is C11H12FNO3. The number of carboxylic acid groups (broad SMARTS) is 1. The second-order valence-electron chi connectivity index (χ2n) is 3.67. The first kappa shape index (κ1) is 11.0. The third kappa shape index (κ3) is 2.37. The Morgan fingerprint density at radius 1 is 1.44 bits per heavy atom. The summed E-state index contributed by atoms with van der Waals surface area (Å²) in [6, 6.07) is 5.35. The Morgan fingerprint density at radius 2 is 2.12 bits per heavy atom. The van der Waals surface area contributed by atoms with Crippen LogP contribution in [-0.4, -0.2) is 30.3 Å². The summed E-state index contributed by atoms with van der Waals surface area (Å²) in [4.78, 5) is 10.7. The molecule has 0 spiro atoms. The molecule has 0 saturated carbocycles. The normalized spacial score (nSPS) is 25.3. The van der Waals surface area contributed by atoms with Gasteiger partial charge in [-0.3, -0.25) is 10.1 Å². The maximum Gasteiger partial charge on any atom is 0.323 e. The topological polar surface area (TPSA) is 58.6 Å². The Bertz CT molecular complexity index is 371. The van der Waals surface area contributed by atoms with Gasteiger partial charge in [0.15, 0.2) is 0 Å². The molecule has 16 heavy (non-hydrogen) atoms. The average molecular weight is 225 g/mol. The van der Waals surface area contributed by atoms with Crippen LogP contribution in [0.1, 0.15) is 11.7 Å². The van der Waals surface area contributed by atoms with Crippen molar-refractivity contribution in [1.82, 2.24) is 5.32 Å². The average Bonchev–Trinajstić information content (AvgIpc) is 2.30. The molecule has 0 amide bonds. The summed E-state index contributed by atoms with van der Waals surface area (Å²) in [6.07, 6.45) is -0.212. The molecule has 1 heterocycles. The Kier molecular flexibility index (Phi) is 3.17. The van der Waals surface area contributed by atoms with E-state index < -0.39 is 12.0 Å². The Balaban J connectivity index is 1.99. The fourth-order valence-corrected chi connectivity index (χ4v) is 1.63. The highest BCUT2D eigenvalue weighted by Gasteiger charge is 2.26. The Morgan fingerprint density at radius 3 is 2.62 bits per heavy atom. The van der Waals surface area contributed by atoms with Crippen LogP contribution in [0.5, 0.6) is 0 Å². The molecule has 0 bridgehead atoms. The van der Waals surface area contributed by atoms with E-state index in [4.69, 9.17) is 9.84 Å². The van der Waals surface area contributed by atoms with Crippen LogP contribution >= 0.6 is 0 Å². The van der Waals surface area contributed by atoms with Crippen molar-refractivity contribution in [3.05, 3.63) is 35.6 Å². The molecule has 86 valence electrons. The number of halogens is 1. The first-order valence-corrected chi connectivity index (χ1v) is 5.00. The molecule has 5 heteroatoms. The van der Waals surface area contributed by atoms with Gasteiger partial charge in [0.25, 0.3) is 0 Å². The van der Waals surface area contributed by atoms with E-state index in [0.717, 1.165) is 5.56 Å². The van der Waals surface area contributed by atoms with Gasteiger partial charge in [0.2, 0.25) is 0 Å². The monoisotopic (exact) mass is 225 g/mol. The van der Waals surface area contributed by atoms with Gasteiger partial charge in [0, 0.05) is 6.54 Å². The molecule has 1 aromatic rings. The number of carboxylic acids is 1. The van der Waals surface area contributed by atoms with Gasteiger partial charge in [-0.05, 0) is 17.7 Å². The highest BCUT2D eigenvalue weighted by Crippen LogP contribution is 2.20. The highest BCUT2D eigenvalue weighted by atomic mass is 19.1. The van der Waals surface area contributed by atoms with Crippen LogP contribution in [0.15, 0.2) is 24.3 Å². The Hall–Kier alpha value is -1.46. The minimum atomic E-state index is -0.919. The largest absolute Gasteiger partial charge is 0.480 e. The number of nitrogens with one attached hydrogen (secondary N) is 1. The van der Waals surface area contributed by atoms with Crippen molar-refractivity contribution >= 4 is 5.97 Å². The molecule has 0 aliphatic carbocycles. The van der Waals surface area contributed by atoms with Crippen LogP contribution in [0, 0.1) is 5.82 Å². The fraction of sp³-hybridized carbons (Fsp3) is 0.364. The molecule has 1 saturated heterocycles. The lowest BCUT2D eigenvalue weighted by atomic mass is 10.1. The summed E-state index contributed by atoms with van der Waals surface area (Å²) < 4.78 is 18.1. The van der Waals surface area contributed by atoms with Crippen LogP contribution < -0.4 is 5.32 Å². The van der Waals surface area contributed by atoms with Crippen molar-refractivity contribution in [3.8, 4) is 0 Å². The summed E-state index contributed by atoms with van der Waals surface area (Å²) in [5, 5.41) is 11.6. The van der Waals surface area contributed by atoms with E-state index in [-0.39, 0.29) is 18.5 Å². The van der Waals surface area contributed by atoms with Gasteiger partial charge < -0.3 is 9.84 Å². The van der Waals surface area contributed by atoms with Gasteiger partial charge in [-0.25, -0.2) is 4.39 Å². The minimum Gasteiger partial charge on any atom is -0.480 e. The van der Waals surface area contributed by atoms with Gasteiger partial charge in [0.1, 0.15) is 11.9 Å². The third-order valence-corrected chi connectivity index (χ3v) is 2.55. The van der Waals surface area contributed by atoms with Crippen LogP contribution in [0.25, 0.3) is 0 Å². The van der Waals surface area contributed by atoms with E-state index in [1.54, 1.807) is 12.1 Å². The number of benzene rings is 1. The quantitative estimate of drug-likeness (QED) is 0.786. The van der Waals surface area contributed by atoms with E-state index in [2.05, 4.69) is 5.32 Å². The van der Waals surface area contributed by atoms with Gasteiger partial charge in [0.05, 0.1) is 12.7 Å². The SMILES string of the molecule is O=C(O)C1COC(c2ccc(F)cc2)CN1. The summed E-state index contributed by atoms with van der Waals surface area (Å²) in [6.45, 7) is 0.542. The summed E-state index contributed by atoms with van der Waals surface area (Å²) in [5.74, 6) is -1.21. The van der Waals surface area contributed by atoms with E-state index >= 15 is 0 Å². The van der Waals surface area contributed by atoms with Gasteiger partial charge in [-0.2, -0.15) is 0 Å². The van der Waals surface area contributed by atoms with Crippen molar-refractivity contribution in [2.24, 2.45) is 0 Å². The maximum atomic E-state index is 12.7. The van der Waals surface area contributed by atoms with Crippen LogP contribution in [0.3, 0.4) is 0 Å². The number of hydrogen-bond acceptors (Lipinski definition) is 3. The lowest BCUT2D eigenvalue weighted by Crippen LogP contribution is -2.47. The molecular weight excluding hydrogens is 213 g/mol. The van der Waals surface area contributed by atoms with Gasteiger partial charge in [-0.15, -0.1) is 0 Å². The van der Waals surface area contributed by atoms with Gasteiger partial charge >= 0.3 is 5.97 Å². The van der Waals surface area contributed by atoms with E-state index in [0.29, 0.717) is 6.54 Å². The van der Waals surface area contributed by atoms with E-state index in [1.807, 2.05) is 0 Å². The van der Waals surface area contributed by atoms with E-state index in [9.17, 15) is 9.18 Å². The molecule has 1 aromatic carbocycles. The molecule has 0 radical (unpaired) electrons. The van der Waals surface area contributed by atoms with E-state index in [1.165, 1.54) is 12.1 Å². The number of morpholine rings is 1. The molecule has 0 aromatic heterocycles. The molecule has 1 aliphatic rings. The standard InChI is InChI=1S/C11H12FNO3/c12-8-3-1-7(2-4-8)10-5-13-9(6-16-10)11(14)15/h1-4,9-10,13H,5-6H2,(H,14,15). The van der Waals surface area contributed by atoms with Gasteiger partial charge in [-0.1, -0.05) is 12.1 Å². The zero-order valence-electron chi connectivity index (χ0n) is 8.52. The second kappa shape index (κ2) is 4.59. The summed E-state index contributed by atoms with van der Waals surface area (Å²) in [5.41, 5.74) is 0.845. The van der Waals surface area contributed by atoms with Crippen molar-refractivity contribution in [3.63, 3.8) is 0 Å². The maximum absolute atomic E-state index is 12.7. The lowest BCUT2D eigenvalue weighted by Gasteiger charge is -2.28. The summed E-state index contributed by atoms with van der Waals surface area (Å²) >= 11 is 0. The van der Waals surface area contributed by atoms with Crippen molar-refractivity contribution in [1.29, 1.82) is 0 Å². The Labute approximate surface area is 92.0 Å². The molecule has 1 aliphatic heterocycles.